The lowest BCUT2D eigenvalue weighted by Gasteiger charge is -2.41. The van der Waals surface area contributed by atoms with E-state index >= 15 is 0 Å². The van der Waals surface area contributed by atoms with Crippen molar-refractivity contribution in [1.29, 1.82) is 0 Å². The molecule has 0 aliphatic rings. The number of aromatic nitrogens is 1. The van der Waals surface area contributed by atoms with Crippen molar-refractivity contribution < 1.29 is 23.5 Å². The molecule has 3 aromatic rings. The summed E-state index contributed by atoms with van der Waals surface area (Å²) in [4.78, 5) is 26.6. The van der Waals surface area contributed by atoms with Gasteiger partial charge in [0.2, 0.25) is 5.91 Å². The van der Waals surface area contributed by atoms with Gasteiger partial charge < -0.3 is 26.0 Å². The van der Waals surface area contributed by atoms with Gasteiger partial charge in [0.25, 0.3) is 0 Å². The first-order chi connectivity index (χ1) is 19.4. The van der Waals surface area contributed by atoms with Crippen LogP contribution in [0.15, 0.2) is 60.8 Å². The van der Waals surface area contributed by atoms with Crippen molar-refractivity contribution in [3.05, 3.63) is 83.7 Å². The van der Waals surface area contributed by atoms with Crippen LogP contribution in [0.2, 0.25) is 0 Å². The van der Waals surface area contributed by atoms with Gasteiger partial charge in [-0.3, -0.25) is 9.59 Å². The van der Waals surface area contributed by atoms with Crippen molar-refractivity contribution in [2.45, 2.75) is 52.2 Å². The molecular weight excluding hydrogens is 546 g/mol. The number of hydrogen-bond acceptors (Lipinski definition) is 5. The van der Waals surface area contributed by atoms with Crippen LogP contribution >= 0.6 is 11.8 Å². The van der Waals surface area contributed by atoms with E-state index in [-0.39, 0.29) is 23.6 Å². The third kappa shape index (κ3) is 8.89. The molecular formula is C31H40F2N4O3S. The number of aliphatic carboxylic acids is 1. The Hall–Kier alpha value is -3.21. The van der Waals surface area contributed by atoms with Crippen LogP contribution in [0.3, 0.4) is 0 Å². The molecule has 2 aromatic carbocycles. The second-order valence-electron chi connectivity index (χ2n) is 11.2. The zero-order chi connectivity index (χ0) is 30.2. The second-order valence-corrected chi connectivity index (χ2v) is 12.3. The highest BCUT2D eigenvalue weighted by atomic mass is 32.2. The van der Waals surface area contributed by atoms with Gasteiger partial charge in [0.15, 0.2) is 0 Å². The molecule has 0 bridgehead atoms. The Morgan fingerprint density at radius 3 is 2.44 bits per heavy atom. The first-order valence-corrected chi connectivity index (χ1v) is 14.8. The van der Waals surface area contributed by atoms with Crippen LogP contribution in [0.25, 0.3) is 11.1 Å². The zero-order valence-electron chi connectivity index (χ0n) is 23.9. The Labute approximate surface area is 244 Å². The van der Waals surface area contributed by atoms with Crippen LogP contribution in [0, 0.1) is 17.0 Å². The van der Waals surface area contributed by atoms with Gasteiger partial charge in [0.05, 0.1) is 11.8 Å². The molecule has 0 aliphatic heterocycles. The van der Waals surface area contributed by atoms with E-state index < -0.39 is 35.1 Å². The molecule has 1 aromatic heterocycles. The van der Waals surface area contributed by atoms with E-state index in [4.69, 9.17) is 16.6 Å². The summed E-state index contributed by atoms with van der Waals surface area (Å²) in [5.41, 5.74) is 13.5. The lowest BCUT2D eigenvalue weighted by atomic mass is 9.83. The first-order valence-electron chi connectivity index (χ1n) is 13.7. The third-order valence-corrected chi connectivity index (χ3v) is 7.79. The molecule has 2 atom stereocenters. The molecule has 7 nitrogen and oxygen atoms in total. The van der Waals surface area contributed by atoms with Crippen molar-refractivity contribution in [3.8, 4) is 11.1 Å². The highest BCUT2D eigenvalue weighted by molar-refractivity contribution is 7.99. The van der Waals surface area contributed by atoms with E-state index in [1.807, 2.05) is 72.8 Å². The van der Waals surface area contributed by atoms with Gasteiger partial charge in [-0.25, -0.2) is 8.78 Å². The smallest absolute Gasteiger partial charge is 0.320 e. The molecule has 0 radical (unpaired) electrons. The van der Waals surface area contributed by atoms with Crippen molar-refractivity contribution in [3.63, 3.8) is 0 Å². The Balaban J connectivity index is 2.05. The third-order valence-electron chi connectivity index (χ3n) is 6.82. The molecule has 0 unspecified atom stereocenters. The molecule has 0 fully saturated rings. The summed E-state index contributed by atoms with van der Waals surface area (Å²) < 4.78 is 31.1. The number of thioether (sulfide) groups is 1. The molecule has 0 saturated heterocycles. The molecule has 0 saturated carbocycles. The van der Waals surface area contributed by atoms with Gasteiger partial charge in [-0.2, -0.15) is 11.8 Å². The monoisotopic (exact) mass is 586 g/mol. The minimum absolute atomic E-state index is 0.113. The minimum atomic E-state index is -1.07. The summed E-state index contributed by atoms with van der Waals surface area (Å²) in [5, 5.41) is 9.04. The molecule has 0 aliphatic carbocycles. The Bertz CT molecular complexity index is 1310. The highest BCUT2D eigenvalue weighted by Crippen LogP contribution is 2.41. The van der Waals surface area contributed by atoms with Gasteiger partial charge in [0, 0.05) is 36.1 Å². The standard InChI is InChI=1S/C31H40F2N4O3S/c1-31(2,3)29(37(14-7-13-34)28(38)20-41-15-12-26(35)30(39)40)27-16-22(24-17-23(32)10-11-25(24)33)19-36(27)18-21-8-5-4-6-9-21/h4-6,8-11,16-17,19,26,29H,7,12-15,18,20,34-35H2,1-3H3,(H,39,40)/t26-,29-/m0/s1. The SMILES string of the molecule is CC(C)(C)[C@H](c1cc(-c2cc(F)ccc2F)cn1Cc1ccccc1)N(CCCN)C(=O)CSCC[C@H](N)C(=O)O. The maximum absolute atomic E-state index is 14.9. The number of nitrogens with zero attached hydrogens (tertiary/aromatic N) is 2. The second kappa shape index (κ2) is 14.6. The largest absolute Gasteiger partial charge is 0.480 e. The zero-order valence-corrected chi connectivity index (χ0v) is 24.7. The predicted octanol–water partition coefficient (Wildman–Crippen LogP) is 5.28. The fraction of sp³-hybridized carbons (Fsp3) is 0.419. The first kappa shape index (κ1) is 32.3. The van der Waals surface area contributed by atoms with E-state index in [2.05, 4.69) is 0 Å². The summed E-state index contributed by atoms with van der Waals surface area (Å²) in [6, 6.07) is 13.6. The van der Waals surface area contributed by atoms with Crippen LogP contribution in [0.5, 0.6) is 0 Å². The minimum Gasteiger partial charge on any atom is -0.480 e. The number of carbonyl (C=O) groups is 2. The quantitative estimate of drug-likeness (QED) is 0.222. The Morgan fingerprint density at radius 2 is 1.80 bits per heavy atom. The van der Waals surface area contributed by atoms with Crippen LogP contribution in [0.4, 0.5) is 8.78 Å². The molecule has 3 rings (SSSR count). The molecule has 0 spiro atoms. The van der Waals surface area contributed by atoms with Crippen LogP contribution < -0.4 is 11.5 Å². The number of carbonyl (C=O) groups excluding carboxylic acids is 1. The summed E-state index contributed by atoms with van der Waals surface area (Å²) in [5.74, 6) is -1.68. The van der Waals surface area contributed by atoms with E-state index in [1.165, 1.54) is 17.8 Å². The average molecular weight is 587 g/mol. The number of carboxylic acids is 1. The van der Waals surface area contributed by atoms with E-state index in [1.54, 1.807) is 0 Å². The number of carboxylic acid groups (broad SMARTS) is 1. The molecule has 5 N–H and O–H groups in total. The van der Waals surface area contributed by atoms with Gasteiger partial charge in [-0.15, -0.1) is 0 Å². The Morgan fingerprint density at radius 1 is 1.10 bits per heavy atom. The number of benzene rings is 2. The molecule has 10 heteroatoms. The van der Waals surface area contributed by atoms with Gasteiger partial charge in [-0.1, -0.05) is 51.1 Å². The van der Waals surface area contributed by atoms with Gasteiger partial charge >= 0.3 is 5.97 Å². The number of rotatable bonds is 14. The summed E-state index contributed by atoms with van der Waals surface area (Å²) >= 11 is 1.34. The van der Waals surface area contributed by atoms with Crippen LogP contribution in [0.1, 0.15) is 50.9 Å². The lowest BCUT2D eigenvalue weighted by Crippen LogP contribution is -2.44. The number of halogens is 2. The van der Waals surface area contributed by atoms with Gasteiger partial charge in [-0.05, 0) is 60.4 Å². The fourth-order valence-electron chi connectivity index (χ4n) is 4.85. The summed E-state index contributed by atoms with van der Waals surface area (Å²) in [7, 11) is 0. The summed E-state index contributed by atoms with van der Waals surface area (Å²) in [6.07, 6.45) is 2.64. The van der Waals surface area contributed by atoms with E-state index in [0.717, 1.165) is 23.4 Å². The topological polar surface area (TPSA) is 115 Å². The number of hydrogen-bond donors (Lipinski definition) is 3. The van der Waals surface area contributed by atoms with E-state index in [0.29, 0.717) is 37.4 Å². The van der Waals surface area contributed by atoms with Crippen molar-refractivity contribution in [1.82, 2.24) is 9.47 Å². The van der Waals surface area contributed by atoms with Crippen LogP contribution in [-0.4, -0.2) is 57.1 Å². The molecule has 41 heavy (non-hydrogen) atoms. The fourth-order valence-corrected chi connectivity index (χ4v) is 5.75. The maximum Gasteiger partial charge on any atom is 0.320 e. The molecule has 222 valence electrons. The van der Waals surface area contributed by atoms with Gasteiger partial charge in [0.1, 0.15) is 17.7 Å². The van der Waals surface area contributed by atoms with E-state index in [9.17, 15) is 18.4 Å². The molecule has 1 amide bonds. The van der Waals surface area contributed by atoms with Crippen molar-refractivity contribution in [2.24, 2.45) is 16.9 Å². The molecule has 1 heterocycles. The highest BCUT2D eigenvalue weighted by Gasteiger charge is 2.37. The van der Waals surface area contributed by atoms with Crippen LogP contribution in [-0.2, 0) is 16.1 Å². The number of amides is 1. The lowest BCUT2D eigenvalue weighted by molar-refractivity contribution is -0.138. The normalized spacial score (nSPS) is 13.1. The Kier molecular flexibility index (Phi) is 11.5. The maximum atomic E-state index is 14.9. The average Bonchev–Trinajstić information content (AvgIpc) is 3.32. The van der Waals surface area contributed by atoms with Crippen molar-refractivity contribution in [2.75, 3.05) is 24.6 Å². The van der Waals surface area contributed by atoms with Crippen molar-refractivity contribution >= 4 is 23.6 Å². The predicted molar refractivity (Wildman–Crippen MR) is 160 cm³/mol. The summed E-state index contributed by atoms with van der Waals surface area (Å²) in [6.45, 7) is 7.41. The number of nitrogens with two attached hydrogens (primary N) is 2.